The molecule has 0 bridgehead atoms. The molecule has 2 rings (SSSR count). The quantitative estimate of drug-likeness (QED) is 0.677. The van der Waals surface area contributed by atoms with Gasteiger partial charge in [0, 0.05) is 23.8 Å². The molecule has 1 aromatic carbocycles. The highest BCUT2D eigenvalue weighted by Crippen LogP contribution is 2.52. The minimum atomic E-state index is -1.08. The molecule has 2 atom stereocenters. The van der Waals surface area contributed by atoms with Crippen LogP contribution in [0.25, 0.3) is 0 Å². The summed E-state index contributed by atoms with van der Waals surface area (Å²) in [6.07, 6.45) is 0. The van der Waals surface area contributed by atoms with E-state index in [0.717, 1.165) is 0 Å². The summed E-state index contributed by atoms with van der Waals surface area (Å²) in [6, 6.07) is 4.96. The average molecular weight is 324 g/mol. The third kappa shape index (κ3) is 2.78. The van der Waals surface area contributed by atoms with Crippen LogP contribution in [0.5, 0.6) is 0 Å². The lowest BCUT2D eigenvalue weighted by molar-refractivity contribution is -0.384. The molecule has 8 heteroatoms. The van der Waals surface area contributed by atoms with Crippen molar-refractivity contribution in [3.63, 3.8) is 0 Å². The molecule has 0 saturated carbocycles. The van der Waals surface area contributed by atoms with Gasteiger partial charge in [-0.3, -0.25) is 14.9 Å². The monoisotopic (exact) mass is 324 g/mol. The van der Waals surface area contributed by atoms with Crippen LogP contribution in [0.1, 0.15) is 31.7 Å². The van der Waals surface area contributed by atoms with Crippen molar-refractivity contribution in [3.05, 3.63) is 39.9 Å². The number of hydrogen-bond acceptors (Lipinski definition) is 5. The van der Waals surface area contributed by atoms with Crippen molar-refractivity contribution < 1.29 is 19.6 Å². The Bertz CT molecular complexity index is 646. The number of carbonyl (C=O) groups is 2. The first kappa shape index (κ1) is 16.3. The van der Waals surface area contributed by atoms with E-state index in [1.165, 1.54) is 41.8 Å². The van der Waals surface area contributed by atoms with Gasteiger partial charge in [0.05, 0.1) is 4.92 Å². The van der Waals surface area contributed by atoms with Gasteiger partial charge >= 0.3 is 5.97 Å². The maximum atomic E-state index is 12.0. The summed E-state index contributed by atoms with van der Waals surface area (Å²) < 4.78 is -0.702. The van der Waals surface area contributed by atoms with Gasteiger partial charge in [-0.05, 0) is 19.4 Å². The molecule has 0 spiro atoms. The zero-order valence-corrected chi connectivity index (χ0v) is 13.2. The highest BCUT2D eigenvalue weighted by atomic mass is 32.2. The number of carboxylic acids is 1. The summed E-state index contributed by atoms with van der Waals surface area (Å²) >= 11 is 1.32. The van der Waals surface area contributed by atoms with E-state index in [1.807, 2.05) is 0 Å². The van der Waals surface area contributed by atoms with Gasteiger partial charge in [-0.25, -0.2) is 4.79 Å². The smallest absolute Gasteiger partial charge is 0.327 e. The molecule has 118 valence electrons. The van der Waals surface area contributed by atoms with E-state index in [2.05, 4.69) is 0 Å². The second-order valence-electron chi connectivity index (χ2n) is 5.59. The minimum Gasteiger partial charge on any atom is -0.480 e. The van der Waals surface area contributed by atoms with Crippen LogP contribution in [-0.4, -0.2) is 37.6 Å². The number of benzene rings is 1. The van der Waals surface area contributed by atoms with Crippen LogP contribution in [0.15, 0.2) is 24.3 Å². The molecule has 1 amide bonds. The summed E-state index contributed by atoms with van der Waals surface area (Å²) in [4.78, 5) is 35.2. The lowest BCUT2D eigenvalue weighted by atomic mass is 10.0. The molecule has 7 nitrogen and oxygen atoms in total. The standard InChI is InChI=1S/C14H16N2O5S/c1-8(17)15-11(13(18)19)14(2,3)22-12(15)9-5-4-6-10(7-9)16(20)21/h4-7,11-12H,1-3H3,(H,18,19)/t11-,12-/m1/s1. The van der Waals surface area contributed by atoms with Gasteiger partial charge in [0.2, 0.25) is 5.91 Å². The maximum absolute atomic E-state index is 12.0. The van der Waals surface area contributed by atoms with E-state index in [1.54, 1.807) is 19.9 Å². The third-order valence-corrected chi connectivity index (χ3v) is 5.12. The fourth-order valence-electron chi connectivity index (χ4n) is 2.66. The number of aliphatic carboxylic acids is 1. The summed E-state index contributed by atoms with van der Waals surface area (Å²) in [7, 11) is 0. The summed E-state index contributed by atoms with van der Waals surface area (Å²) in [5.41, 5.74) is 0.462. The Hall–Kier alpha value is -2.09. The summed E-state index contributed by atoms with van der Waals surface area (Å²) in [5.74, 6) is -1.46. The Morgan fingerprint density at radius 1 is 1.41 bits per heavy atom. The molecule has 0 aliphatic carbocycles. The predicted octanol–water partition coefficient (Wildman–Crippen LogP) is 2.42. The van der Waals surface area contributed by atoms with Crippen LogP contribution in [0.4, 0.5) is 5.69 Å². The number of nitro benzene ring substituents is 1. The first-order valence-electron chi connectivity index (χ1n) is 6.59. The van der Waals surface area contributed by atoms with Crippen molar-refractivity contribution in [2.45, 2.75) is 36.9 Å². The van der Waals surface area contributed by atoms with Crippen molar-refractivity contribution in [1.82, 2.24) is 4.90 Å². The van der Waals surface area contributed by atoms with Gasteiger partial charge < -0.3 is 10.0 Å². The fourth-order valence-corrected chi connectivity index (χ4v) is 4.25. The zero-order valence-electron chi connectivity index (χ0n) is 12.3. The molecule has 1 fully saturated rings. The number of carboxylic acid groups (broad SMARTS) is 1. The molecule has 1 N–H and O–H groups in total. The third-order valence-electron chi connectivity index (χ3n) is 3.57. The molecule has 0 radical (unpaired) electrons. The van der Waals surface area contributed by atoms with Crippen molar-refractivity contribution in [3.8, 4) is 0 Å². The van der Waals surface area contributed by atoms with E-state index in [-0.39, 0.29) is 11.6 Å². The normalized spacial score (nSPS) is 23.3. The molecular formula is C14H16N2O5S. The lowest BCUT2D eigenvalue weighted by Crippen LogP contribution is -2.48. The Morgan fingerprint density at radius 3 is 2.55 bits per heavy atom. The Kier molecular flexibility index (Phi) is 4.15. The molecule has 1 saturated heterocycles. The SMILES string of the molecule is CC(=O)N1[C@@H](c2cccc([N+](=O)[O-])c2)SC(C)(C)[C@H]1C(=O)O. The van der Waals surface area contributed by atoms with E-state index >= 15 is 0 Å². The number of carbonyl (C=O) groups excluding carboxylic acids is 1. The average Bonchev–Trinajstić information content (AvgIpc) is 2.70. The van der Waals surface area contributed by atoms with Gasteiger partial charge in [0.15, 0.2) is 0 Å². The van der Waals surface area contributed by atoms with E-state index < -0.39 is 27.1 Å². The van der Waals surface area contributed by atoms with Gasteiger partial charge in [-0.15, -0.1) is 11.8 Å². The minimum absolute atomic E-state index is 0.0850. The van der Waals surface area contributed by atoms with Crippen molar-refractivity contribution >= 4 is 29.3 Å². The predicted molar refractivity (Wildman–Crippen MR) is 81.5 cm³/mol. The number of thioether (sulfide) groups is 1. The number of nitro groups is 1. The molecule has 1 aliphatic rings. The molecule has 1 heterocycles. The number of rotatable bonds is 3. The summed E-state index contributed by atoms with van der Waals surface area (Å²) in [6.45, 7) is 4.82. The van der Waals surface area contributed by atoms with E-state index in [9.17, 15) is 24.8 Å². The number of non-ortho nitro benzene ring substituents is 1. The maximum Gasteiger partial charge on any atom is 0.327 e. The van der Waals surface area contributed by atoms with E-state index in [4.69, 9.17) is 0 Å². The van der Waals surface area contributed by atoms with E-state index in [0.29, 0.717) is 5.56 Å². The molecule has 0 unspecified atom stereocenters. The van der Waals surface area contributed by atoms with Crippen LogP contribution >= 0.6 is 11.8 Å². The van der Waals surface area contributed by atoms with Crippen LogP contribution < -0.4 is 0 Å². The molecule has 1 aliphatic heterocycles. The Morgan fingerprint density at radius 2 is 2.05 bits per heavy atom. The fraction of sp³-hybridized carbons (Fsp3) is 0.429. The second kappa shape index (κ2) is 5.60. The number of nitrogens with zero attached hydrogens (tertiary/aromatic N) is 2. The van der Waals surface area contributed by atoms with Gasteiger partial charge in [0.1, 0.15) is 11.4 Å². The molecule has 1 aromatic rings. The largest absolute Gasteiger partial charge is 0.480 e. The second-order valence-corrected chi connectivity index (χ2v) is 7.33. The Labute approximate surface area is 131 Å². The molecule has 0 aromatic heterocycles. The van der Waals surface area contributed by atoms with Crippen LogP contribution in [-0.2, 0) is 9.59 Å². The van der Waals surface area contributed by atoms with Gasteiger partial charge in [-0.1, -0.05) is 12.1 Å². The van der Waals surface area contributed by atoms with Crippen LogP contribution in [0, 0.1) is 10.1 Å². The highest BCUT2D eigenvalue weighted by molar-refractivity contribution is 8.01. The van der Waals surface area contributed by atoms with Crippen molar-refractivity contribution in [1.29, 1.82) is 0 Å². The first-order valence-corrected chi connectivity index (χ1v) is 7.47. The van der Waals surface area contributed by atoms with Gasteiger partial charge in [-0.2, -0.15) is 0 Å². The Balaban J connectivity index is 2.50. The summed E-state index contributed by atoms with van der Waals surface area (Å²) in [5, 5.41) is 19.8. The van der Waals surface area contributed by atoms with Crippen LogP contribution in [0.3, 0.4) is 0 Å². The highest BCUT2D eigenvalue weighted by Gasteiger charge is 2.53. The topological polar surface area (TPSA) is 101 Å². The first-order chi connectivity index (χ1) is 10.1. The zero-order chi connectivity index (χ0) is 16.7. The molecule has 22 heavy (non-hydrogen) atoms. The van der Waals surface area contributed by atoms with Crippen molar-refractivity contribution in [2.75, 3.05) is 0 Å². The van der Waals surface area contributed by atoms with Crippen molar-refractivity contribution in [2.24, 2.45) is 0 Å². The van der Waals surface area contributed by atoms with Gasteiger partial charge in [0.25, 0.3) is 5.69 Å². The van der Waals surface area contributed by atoms with Crippen LogP contribution in [0.2, 0.25) is 0 Å². The lowest BCUT2D eigenvalue weighted by Gasteiger charge is -2.28. The molecular weight excluding hydrogens is 308 g/mol. The number of amides is 1. The number of hydrogen-bond donors (Lipinski definition) is 1.